The van der Waals surface area contributed by atoms with Gasteiger partial charge < -0.3 is 34.8 Å². The fourth-order valence-corrected chi connectivity index (χ4v) is 5.28. The molecule has 46 heavy (non-hydrogen) atoms. The summed E-state index contributed by atoms with van der Waals surface area (Å²) in [6, 6.07) is 12.6. The van der Waals surface area contributed by atoms with Gasteiger partial charge in [-0.25, -0.2) is 18.6 Å². The van der Waals surface area contributed by atoms with Crippen molar-refractivity contribution in [2.24, 2.45) is 17.3 Å². The van der Waals surface area contributed by atoms with E-state index in [2.05, 4.69) is 5.32 Å². The Labute approximate surface area is 269 Å². The molecule has 3 atom stereocenters. The van der Waals surface area contributed by atoms with Gasteiger partial charge in [0.05, 0.1) is 30.9 Å². The Morgan fingerprint density at radius 2 is 1.67 bits per heavy atom. The molecule has 2 aromatic carbocycles. The first-order valence-electron chi connectivity index (χ1n) is 15.3. The average molecular weight is 645 g/mol. The number of imidazole rings is 1. The van der Waals surface area contributed by atoms with E-state index in [1.165, 1.54) is 4.90 Å². The van der Waals surface area contributed by atoms with Gasteiger partial charge in [-0.1, -0.05) is 51.1 Å². The van der Waals surface area contributed by atoms with Crippen LogP contribution < -0.4 is 5.32 Å². The number of rotatable bonds is 9. The SMILES string of the molecule is CC(C)(C)OC(=O)N1CC(CN[C@@H](c2nc(-c3cc(F)ccc3F)cn2Cc2ccccc2)C(C)(C)C)C(C(=O)O)C1.OCCO. The number of carboxylic acid groups (broad SMARTS) is 1. The van der Waals surface area contributed by atoms with Crippen LogP contribution in [0.5, 0.6) is 0 Å². The second-order valence-electron chi connectivity index (χ2n) is 13.5. The minimum absolute atomic E-state index is 0.0579. The number of benzene rings is 2. The fourth-order valence-electron chi connectivity index (χ4n) is 5.28. The number of amides is 1. The Bertz CT molecular complexity index is 1450. The van der Waals surface area contributed by atoms with E-state index in [-0.39, 0.29) is 37.8 Å². The number of carbonyl (C=O) groups is 2. The van der Waals surface area contributed by atoms with Gasteiger partial charge in [0.2, 0.25) is 0 Å². The van der Waals surface area contributed by atoms with Gasteiger partial charge in [0.1, 0.15) is 23.1 Å². The van der Waals surface area contributed by atoms with Crippen LogP contribution in [-0.2, 0) is 16.1 Å². The summed E-state index contributed by atoms with van der Waals surface area (Å²) in [5.74, 6) is -2.66. The summed E-state index contributed by atoms with van der Waals surface area (Å²) in [7, 11) is 0. The second-order valence-corrected chi connectivity index (χ2v) is 13.5. The van der Waals surface area contributed by atoms with Gasteiger partial charge in [0.15, 0.2) is 0 Å². The molecule has 0 spiro atoms. The van der Waals surface area contributed by atoms with Crippen molar-refractivity contribution in [2.75, 3.05) is 32.8 Å². The maximum Gasteiger partial charge on any atom is 0.410 e. The quantitative estimate of drug-likeness (QED) is 0.253. The van der Waals surface area contributed by atoms with E-state index >= 15 is 0 Å². The Hall–Kier alpha value is -3.87. The molecule has 12 heteroatoms. The third-order valence-electron chi connectivity index (χ3n) is 7.43. The van der Waals surface area contributed by atoms with Crippen LogP contribution in [0, 0.1) is 28.9 Å². The molecule has 0 aliphatic carbocycles. The fraction of sp³-hybridized carbons (Fsp3) is 0.500. The van der Waals surface area contributed by atoms with Gasteiger partial charge >= 0.3 is 12.1 Å². The smallest absolute Gasteiger partial charge is 0.410 e. The van der Waals surface area contributed by atoms with Crippen LogP contribution in [0.2, 0.25) is 0 Å². The highest BCUT2D eigenvalue weighted by molar-refractivity contribution is 5.74. The number of nitrogens with zero attached hydrogens (tertiary/aromatic N) is 3. The molecule has 1 aromatic heterocycles. The average Bonchev–Trinajstić information content (AvgIpc) is 3.58. The lowest BCUT2D eigenvalue weighted by Gasteiger charge is -2.33. The Morgan fingerprint density at radius 1 is 1.02 bits per heavy atom. The molecule has 0 radical (unpaired) electrons. The van der Waals surface area contributed by atoms with Gasteiger partial charge in [0, 0.05) is 43.9 Å². The minimum atomic E-state index is -0.977. The summed E-state index contributed by atoms with van der Waals surface area (Å²) in [5.41, 5.74) is 0.266. The van der Waals surface area contributed by atoms with Gasteiger partial charge in [-0.05, 0) is 49.9 Å². The van der Waals surface area contributed by atoms with E-state index < -0.39 is 46.7 Å². The van der Waals surface area contributed by atoms with E-state index in [1.54, 1.807) is 27.0 Å². The Morgan fingerprint density at radius 3 is 2.24 bits per heavy atom. The van der Waals surface area contributed by atoms with Crippen LogP contribution in [0.4, 0.5) is 13.6 Å². The monoisotopic (exact) mass is 644 g/mol. The van der Waals surface area contributed by atoms with Crippen LogP contribution >= 0.6 is 0 Å². The lowest BCUT2D eigenvalue weighted by Crippen LogP contribution is -2.40. The van der Waals surface area contributed by atoms with Crippen LogP contribution in [-0.4, -0.2) is 80.3 Å². The van der Waals surface area contributed by atoms with Crippen molar-refractivity contribution >= 4 is 12.1 Å². The predicted molar refractivity (Wildman–Crippen MR) is 170 cm³/mol. The number of aromatic nitrogens is 2. The second kappa shape index (κ2) is 15.6. The molecule has 0 saturated carbocycles. The number of aliphatic carboxylic acids is 1. The van der Waals surface area contributed by atoms with Gasteiger partial charge in [-0.3, -0.25) is 4.79 Å². The lowest BCUT2D eigenvalue weighted by molar-refractivity contribution is -0.142. The van der Waals surface area contributed by atoms with E-state index in [1.807, 2.05) is 55.7 Å². The number of aliphatic hydroxyl groups excluding tert-OH is 2. The van der Waals surface area contributed by atoms with E-state index in [4.69, 9.17) is 19.9 Å². The van der Waals surface area contributed by atoms with Gasteiger partial charge in [-0.2, -0.15) is 0 Å². The molecule has 1 amide bonds. The highest BCUT2D eigenvalue weighted by Gasteiger charge is 2.42. The normalized spacial score (nSPS) is 17.3. The summed E-state index contributed by atoms with van der Waals surface area (Å²) < 4.78 is 36.3. The largest absolute Gasteiger partial charge is 0.481 e. The first-order chi connectivity index (χ1) is 21.5. The zero-order chi connectivity index (χ0) is 34.2. The molecular weight excluding hydrogens is 598 g/mol. The molecule has 2 unspecified atom stereocenters. The summed E-state index contributed by atoms with van der Waals surface area (Å²) >= 11 is 0. The summed E-state index contributed by atoms with van der Waals surface area (Å²) in [4.78, 5) is 31.2. The highest BCUT2D eigenvalue weighted by Crippen LogP contribution is 2.36. The topological polar surface area (TPSA) is 137 Å². The maximum absolute atomic E-state index is 14.8. The number of hydrogen-bond acceptors (Lipinski definition) is 7. The molecule has 3 aromatic rings. The zero-order valence-electron chi connectivity index (χ0n) is 27.3. The van der Waals surface area contributed by atoms with Gasteiger partial charge in [0.25, 0.3) is 0 Å². The summed E-state index contributed by atoms with van der Waals surface area (Å²) in [6.45, 7) is 12.2. The highest BCUT2D eigenvalue weighted by atomic mass is 19.1. The van der Waals surface area contributed by atoms with E-state index in [0.29, 0.717) is 24.6 Å². The Kier molecular flexibility index (Phi) is 12.4. The van der Waals surface area contributed by atoms with Crippen LogP contribution in [0.1, 0.15) is 59.0 Å². The zero-order valence-corrected chi connectivity index (χ0v) is 27.3. The molecule has 1 fully saturated rings. The van der Waals surface area contributed by atoms with Crippen LogP contribution in [0.3, 0.4) is 0 Å². The third-order valence-corrected chi connectivity index (χ3v) is 7.43. The summed E-state index contributed by atoms with van der Waals surface area (Å²) in [6.07, 6.45) is 1.18. The Balaban J connectivity index is 0.00000136. The minimum Gasteiger partial charge on any atom is -0.481 e. The number of halogens is 2. The van der Waals surface area contributed by atoms with Crippen molar-refractivity contribution < 1.29 is 38.4 Å². The molecule has 10 nitrogen and oxygen atoms in total. The molecule has 4 rings (SSSR count). The number of carboxylic acids is 1. The van der Waals surface area contributed by atoms with E-state index in [0.717, 1.165) is 23.8 Å². The number of aliphatic hydroxyl groups is 2. The number of nitrogens with one attached hydrogen (secondary N) is 1. The molecule has 1 aliphatic rings. The third kappa shape index (κ3) is 10.1. The lowest BCUT2D eigenvalue weighted by atomic mass is 9.85. The number of hydrogen-bond donors (Lipinski definition) is 4. The molecule has 252 valence electrons. The van der Waals surface area contributed by atoms with Crippen molar-refractivity contribution in [1.82, 2.24) is 19.8 Å². The van der Waals surface area contributed by atoms with Crippen LogP contribution in [0.15, 0.2) is 54.7 Å². The van der Waals surface area contributed by atoms with Crippen molar-refractivity contribution in [3.8, 4) is 11.3 Å². The first kappa shape index (κ1) is 36.6. The first-order valence-corrected chi connectivity index (χ1v) is 15.3. The maximum atomic E-state index is 14.8. The van der Waals surface area contributed by atoms with Crippen molar-refractivity contribution in [1.29, 1.82) is 0 Å². The number of likely N-dealkylation sites (tertiary alicyclic amines) is 1. The predicted octanol–water partition coefficient (Wildman–Crippen LogP) is 5.09. The number of carbonyl (C=O) groups excluding carboxylic acids is 1. The van der Waals surface area contributed by atoms with Crippen molar-refractivity contribution in [3.63, 3.8) is 0 Å². The molecule has 0 bridgehead atoms. The standard InChI is InChI=1S/C32H40F2N4O4.C2H6O2/c1-31(2,3)27(35-15-21-17-38(18-24(21)29(39)40)30(41)42-32(4,5)6)28-36-26(23-14-22(33)12-13-25(23)34)19-37(28)16-20-10-8-7-9-11-20;3-1-2-4/h7-14,19,21,24,27,35H,15-18H2,1-6H3,(H,39,40);3-4H,1-2H2/t21?,24?,27-;/m0./s1. The molecule has 4 N–H and O–H groups in total. The van der Waals surface area contributed by atoms with Gasteiger partial charge in [-0.15, -0.1) is 0 Å². The van der Waals surface area contributed by atoms with Crippen molar-refractivity contribution in [2.45, 2.75) is 59.7 Å². The van der Waals surface area contributed by atoms with Crippen LogP contribution in [0.25, 0.3) is 11.3 Å². The van der Waals surface area contributed by atoms with E-state index in [9.17, 15) is 23.5 Å². The molecular formula is C34H46F2N4O6. The summed E-state index contributed by atoms with van der Waals surface area (Å²) in [5, 5.41) is 28.7. The molecule has 1 aliphatic heterocycles. The number of ether oxygens (including phenoxy) is 1. The van der Waals surface area contributed by atoms with Crippen molar-refractivity contribution in [3.05, 3.63) is 77.8 Å². The molecule has 1 saturated heterocycles. The molecule has 2 heterocycles.